The van der Waals surface area contributed by atoms with Gasteiger partial charge < -0.3 is 14.4 Å². The molecule has 6 heteroatoms. The number of piperidine rings is 1. The zero-order valence-electron chi connectivity index (χ0n) is 10.5. The molecule has 3 rings (SSSR count). The largest absolute Gasteiger partial charge is 0.414 e. The van der Waals surface area contributed by atoms with Crippen molar-refractivity contribution in [2.24, 2.45) is 10.2 Å². The smallest absolute Gasteiger partial charge is 0.310 e. The monoisotopic (exact) mass is 241 g/mol. The zero-order chi connectivity index (χ0) is 12.1. The number of fused-ring (bicyclic) bond motifs is 2. The topological polar surface area (TPSA) is 55.7 Å². The third-order valence-electron chi connectivity index (χ3n) is 4.28. The summed E-state index contributed by atoms with van der Waals surface area (Å²) in [5.41, 5.74) is -0.537. The molecule has 2 bridgehead atoms. The average Bonchev–Trinajstić information content (AvgIpc) is 2.78. The first-order valence-corrected chi connectivity index (χ1v) is 6.08. The van der Waals surface area contributed by atoms with Crippen LogP contribution in [0.3, 0.4) is 0 Å². The van der Waals surface area contributed by atoms with E-state index in [1.165, 1.54) is 27.1 Å². The van der Waals surface area contributed by atoms with Crippen LogP contribution in [-0.2, 0) is 14.2 Å². The van der Waals surface area contributed by atoms with Gasteiger partial charge in [0.1, 0.15) is 0 Å². The van der Waals surface area contributed by atoms with Crippen LogP contribution in [0, 0.1) is 0 Å². The number of methoxy groups -OCH3 is 2. The minimum absolute atomic E-state index is 0.537. The molecule has 96 valence electrons. The van der Waals surface area contributed by atoms with Gasteiger partial charge in [-0.15, -0.1) is 0 Å². The molecular formula is C11H19N3O3. The van der Waals surface area contributed by atoms with E-state index in [0.29, 0.717) is 12.1 Å². The molecule has 2 fully saturated rings. The fraction of sp³-hybridized carbons (Fsp3) is 1.00. The standard InChI is InChI=1S/C11H19N3O3/c1-14-8-4-5-9(14)7-10(6-8)12-13-11(15-2,16-3)17-10/h8-9H,4-7H2,1-3H3. The van der Waals surface area contributed by atoms with Crippen LogP contribution in [0.4, 0.5) is 0 Å². The first-order valence-electron chi connectivity index (χ1n) is 6.08. The molecule has 0 amide bonds. The van der Waals surface area contributed by atoms with E-state index < -0.39 is 11.8 Å². The lowest BCUT2D eigenvalue weighted by molar-refractivity contribution is -0.375. The Morgan fingerprint density at radius 2 is 1.71 bits per heavy atom. The van der Waals surface area contributed by atoms with Crippen molar-refractivity contribution in [3.8, 4) is 0 Å². The van der Waals surface area contributed by atoms with Crippen molar-refractivity contribution in [2.75, 3.05) is 21.3 Å². The second kappa shape index (κ2) is 3.71. The van der Waals surface area contributed by atoms with Crippen LogP contribution in [0.5, 0.6) is 0 Å². The maximum Gasteiger partial charge on any atom is 0.414 e. The summed E-state index contributed by atoms with van der Waals surface area (Å²) in [4.78, 5) is 2.43. The van der Waals surface area contributed by atoms with Gasteiger partial charge in [0.05, 0.1) is 0 Å². The fourth-order valence-corrected chi connectivity index (χ4v) is 3.25. The first kappa shape index (κ1) is 11.5. The van der Waals surface area contributed by atoms with Crippen LogP contribution in [0.1, 0.15) is 25.7 Å². The Labute approximate surface area is 101 Å². The fourth-order valence-electron chi connectivity index (χ4n) is 3.25. The number of rotatable bonds is 2. The quantitative estimate of drug-likeness (QED) is 0.684. The Hall–Kier alpha value is -0.560. The molecule has 1 spiro atoms. The number of nitrogens with zero attached hydrogens (tertiary/aromatic N) is 3. The van der Waals surface area contributed by atoms with Gasteiger partial charge in [0, 0.05) is 39.1 Å². The molecule has 0 aromatic rings. The lowest BCUT2D eigenvalue weighted by atomic mass is 9.94. The Bertz CT molecular complexity index is 329. The predicted molar refractivity (Wildman–Crippen MR) is 59.2 cm³/mol. The van der Waals surface area contributed by atoms with E-state index in [2.05, 4.69) is 22.2 Å². The number of ether oxygens (including phenoxy) is 3. The predicted octanol–water partition coefficient (Wildman–Crippen LogP) is 1.33. The molecule has 3 aliphatic heterocycles. The molecule has 0 radical (unpaired) electrons. The van der Waals surface area contributed by atoms with Crippen LogP contribution < -0.4 is 0 Å². The van der Waals surface area contributed by atoms with Crippen molar-refractivity contribution in [3.05, 3.63) is 0 Å². The van der Waals surface area contributed by atoms with E-state index in [1.807, 2.05) is 0 Å². The van der Waals surface area contributed by atoms with E-state index in [0.717, 1.165) is 12.8 Å². The van der Waals surface area contributed by atoms with E-state index in [4.69, 9.17) is 14.2 Å². The van der Waals surface area contributed by atoms with Gasteiger partial charge in [-0.1, -0.05) is 5.11 Å². The molecule has 0 aromatic heterocycles. The molecule has 2 unspecified atom stereocenters. The first-order chi connectivity index (χ1) is 8.12. The van der Waals surface area contributed by atoms with Crippen LogP contribution in [0.2, 0.25) is 0 Å². The Morgan fingerprint density at radius 3 is 2.18 bits per heavy atom. The molecular weight excluding hydrogens is 222 g/mol. The zero-order valence-corrected chi connectivity index (χ0v) is 10.5. The lowest BCUT2D eigenvalue weighted by Gasteiger charge is -2.40. The van der Waals surface area contributed by atoms with Crippen molar-refractivity contribution in [3.63, 3.8) is 0 Å². The second-order valence-electron chi connectivity index (χ2n) is 5.14. The van der Waals surface area contributed by atoms with E-state index >= 15 is 0 Å². The highest BCUT2D eigenvalue weighted by molar-refractivity contribution is 5.02. The molecule has 0 aromatic carbocycles. The summed E-state index contributed by atoms with van der Waals surface area (Å²) in [5, 5.41) is 8.37. The third kappa shape index (κ3) is 1.62. The second-order valence-corrected chi connectivity index (χ2v) is 5.14. The molecule has 6 nitrogen and oxygen atoms in total. The summed E-state index contributed by atoms with van der Waals surface area (Å²) in [7, 11) is 5.22. The van der Waals surface area contributed by atoms with Crippen LogP contribution in [-0.4, -0.2) is 50.1 Å². The van der Waals surface area contributed by atoms with Crippen LogP contribution >= 0.6 is 0 Å². The third-order valence-corrected chi connectivity index (χ3v) is 4.28. The normalized spacial score (nSPS) is 43.7. The Balaban J connectivity index is 1.81. The minimum Gasteiger partial charge on any atom is -0.310 e. The molecule has 0 N–H and O–H groups in total. The molecule has 0 aliphatic carbocycles. The summed E-state index contributed by atoms with van der Waals surface area (Å²) in [6.07, 6.45) is 2.86. The van der Waals surface area contributed by atoms with Crippen LogP contribution in [0.25, 0.3) is 0 Å². The molecule has 0 saturated carbocycles. The molecule has 17 heavy (non-hydrogen) atoms. The Kier molecular flexibility index (Phi) is 2.52. The summed E-state index contributed by atoms with van der Waals surface area (Å²) in [5.74, 6) is 0. The number of hydrogen-bond donors (Lipinski definition) is 0. The van der Waals surface area contributed by atoms with Gasteiger partial charge in [0.25, 0.3) is 0 Å². The lowest BCUT2D eigenvalue weighted by Crippen LogP contribution is -2.51. The number of azo groups is 1. The number of hydrogen-bond acceptors (Lipinski definition) is 6. The van der Waals surface area contributed by atoms with E-state index in [9.17, 15) is 0 Å². The highest BCUT2D eigenvalue weighted by Gasteiger charge is 2.56. The summed E-state index contributed by atoms with van der Waals surface area (Å²) in [6.45, 7) is 0. The molecule has 2 atom stereocenters. The average molecular weight is 241 g/mol. The Morgan fingerprint density at radius 1 is 1.12 bits per heavy atom. The summed E-state index contributed by atoms with van der Waals surface area (Å²) >= 11 is 0. The van der Waals surface area contributed by atoms with Gasteiger partial charge in [-0.05, 0) is 19.9 Å². The summed E-state index contributed by atoms with van der Waals surface area (Å²) < 4.78 is 16.3. The van der Waals surface area contributed by atoms with Crippen molar-refractivity contribution in [1.29, 1.82) is 0 Å². The van der Waals surface area contributed by atoms with Gasteiger partial charge in [-0.2, -0.15) is 5.11 Å². The molecule has 3 heterocycles. The van der Waals surface area contributed by atoms with Gasteiger partial charge in [0.2, 0.25) is 0 Å². The summed E-state index contributed by atoms with van der Waals surface area (Å²) in [6, 6.07) is 1.08. The molecule has 2 saturated heterocycles. The maximum atomic E-state index is 5.90. The SMILES string of the molecule is COC1(OC)N=NC2(CC3CCC(C2)N3C)O1. The highest BCUT2D eigenvalue weighted by atomic mass is 16.9. The minimum atomic E-state index is -1.32. The van der Waals surface area contributed by atoms with Crippen molar-refractivity contribution >= 4 is 0 Å². The van der Waals surface area contributed by atoms with Crippen molar-refractivity contribution in [2.45, 2.75) is 49.6 Å². The highest BCUT2D eigenvalue weighted by Crippen LogP contribution is 2.47. The molecule has 3 aliphatic rings. The van der Waals surface area contributed by atoms with Gasteiger partial charge >= 0.3 is 6.10 Å². The van der Waals surface area contributed by atoms with Crippen molar-refractivity contribution < 1.29 is 14.2 Å². The van der Waals surface area contributed by atoms with Crippen molar-refractivity contribution in [1.82, 2.24) is 4.90 Å². The van der Waals surface area contributed by atoms with Gasteiger partial charge in [-0.3, -0.25) is 4.74 Å². The van der Waals surface area contributed by atoms with E-state index in [1.54, 1.807) is 0 Å². The van der Waals surface area contributed by atoms with Gasteiger partial charge in [-0.25, -0.2) is 0 Å². The maximum absolute atomic E-state index is 5.90. The van der Waals surface area contributed by atoms with Crippen LogP contribution in [0.15, 0.2) is 10.2 Å². The van der Waals surface area contributed by atoms with Gasteiger partial charge in [0.15, 0.2) is 5.72 Å². The van der Waals surface area contributed by atoms with E-state index in [-0.39, 0.29) is 0 Å².